The van der Waals surface area contributed by atoms with Gasteiger partial charge in [0.1, 0.15) is 5.75 Å². The maximum Gasteiger partial charge on any atom is 0.308 e. The highest BCUT2D eigenvalue weighted by Gasteiger charge is 2.25. The van der Waals surface area contributed by atoms with E-state index in [1.54, 1.807) is 25.3 Å². The number of nitrogens with zero attached hydrogens (tertiary/aromatic N) is 3. The van der Waals surface area contributed by atoms with Crippen LogP contribution in [0.25, 0.3) is 11.4 Å². The van der Waals surface area contributed by atoms with Crippen LogP contribution in [0.4, 0.5) is 0 Å². The van der Waals surface area contributed by atoms with E-state index in [2.05, 4.69) is 15.0 Å². The molecule has 0 bridgehead atoms. The van der Waals surface area contributed by atoms with Crippen LogP contribution in [0.3, 0.4) is 0 Å². The number of aromatic amines is 1. The number of benzene rings is 1. The van der Waals surface area contributed by atoms with E-state index in [0.717, 1.165) is 31.5 Å². The Kier molecular flexibility index (Phi) is 5.95. The van der Waals surface area contributed by atoms with Crippen LogP contribution >= 0.6 is 23.8 Å². The minimum absolute atomic E-state index is 0.0164. The molecule has 7 nitrogen and oxygen atoms in total. The fourth-order valence-electron chi connectivity index (χ4n) is 3.11. The van der Waals surface area contributed by atoms with Gasteiger partial charge in [0.2, 0.25) is 4.77 Å². The Morgan fingerprint density at radius 1 is 1.38 bits per heavy atom. The SMILES string of the molecule is COC(=O)C1CCN(Cn2[nH]c(-c3cc(Cl)ccc3OC)nc2=S)CC1. The summed E-state index contributed by atoms with van der Waals surface area (Å²) in [7, 11) is 3.04. The van der Waals surface area contributed by atoms with Crippen molar-refractivity contribution in [3.63, 3.8) is 0 Å². The topological polar surface area (TPSA) is 72.4 Å². The highest BCUT2D eigenvalue weighted by Crippen LogP contribution is 2.30. The van der Waals surface area contributed by atoms with E-state index in [0.29, 0.717) is 28.0 Å². The van der Waals surface area contributed by atoms with Crippen molar-refractivity contribution in [2.24, 2.45) is 5.92 Å². The lowest BCUT2D eigenvalue weighted by atomic mass is 9.97. The number of ether oxygens (including phenoxy) is 2. The van der Waals surface area contributed by atoms with Gasteiger partial charge >= 0.3 is 5.97 Å². The normalized spacial score (nSPS) is 15.8. The Morgan fingerprint density at radius 3 is 2.77 bits per heavy atom. The second-order valence-corrected chi connectivity index (χ2v) is 6.99. The Balaban J connectivity index is 1.73. The van der Waals surface area contributed by atoms with Gasteiger partial charge in [0.05, 0.1) is 32.4 Å². The van der Waals surface area contributed by atoms with E-state index in [-0.39, 0.29) is 11.9 Å². The van der Waals surface area contributed by atoms with E-state index in [1.807, 2.05) is 4.68 Å². The van der Waals surface area contributed by atoms with Crippen molar-refractivity contribution >= 4 is 29.8 Å². The zero-order valence-corrected chi connectivity index (χ0v) is 16.3. The van der Waals surface area contributed by atoms with Crippen LogP contribution in [0.15, 0.2) is 18.2 Å². The molecule has 1 fully saturated rings. The molecule has 0 saturated carbocycles. The van der Waals surface area contributed by atoms with Crippen LogP contribution in [0.5, 0.6) is 5.75 Å². The summed E-state index contributed by atoms with van der Waals surface area (Å²) < 4.78 is 12.5. The predicted octanol–water partition coefficient (Wildman–Crippen LogP) is 3.11. The molecule has 1 saturated heterocycles. The molecule has 1 aromatic heterocycles. The molecule has 9 heteroatoms. The first-order valence-corrected chi connectivity index (χ1v) is 9.11. The summed E-state index contributed by atoms with van der Waals surface area (Å²) in [6, 6.07) is 5.35. The first kappa shape index (κ1) is 18.9. The quantitative estimate of drug-likeness (QED) is 0.618. The molecule has 1 N–H and O–H groups in total. The van der Waals surface area contributed by atoms with Gasteiger partial charge in [0, 0.05) is 18.1 Å². The summed E-state index contributed by atoms with van der Waals surface area (Å²) in [5, 5.41) is 3.82. The second kappa shape index (κ2) is 8.20. The van der Waals surface area contributed by atoms with Crippen molar-refractivity contribution in [2.45, 2.75) is 19.5 Å². The summed E-state index contributed by atoms with van der Waals surface area (Å²) in [6.45, 7) is 2.19. The fraction of sp³-hybridized carbons (Fsp3) is 0.471. The van der Waals surface area contributed by atoms with Gasteiger partial charge in [-0.1, -0.05) is 11.6 Å². The van der Waals surface area contributed by atoms with Gasteiger partial charge in [-0.25, -0.2) is 4.68 Å². The third kappa shape index (κ3) is 4.08. The van der Waals surface area contributed by atoms with Gasteiger partial charge in [-0.05, 0) is 43.3 Å². The number of piperidine rings is 1. The lowest BCUT2D eigenvalue weighted by molar-refractivity contribution is -0.147. The molecule has 1 aliphatic rings. The molecule has 0 amide bonds. The van der Waals surface area contributed by atoms with Crippen LogP contribution in [0.1, 0.15) is 12.8 Å². The maximum atomic E-state index is 11.6. The number of halogens is 1. The standard InChI is InChI=1S/C17H21ClN4O3S/c1-24-14-4-3-12(18)9-13(14)15-19-17(26)22(20-15)10-21-7-5-11(6-8-21)16(23)25-2/h3-4,9,11H,5-8,10H2,1-2H3,(H,19,20,26). The molecular weight excluding hydrogens is 376 g/mol. The lowest BCUT2D eigenvalue weighted by Gasteiger charge is -2.30. The molecule has 0 spiro atoms. The van der Waals surface area contributed by atoms with Crippen molar-refractivity contribution in [3.05, 3.63) is 28.0 Å². The molecule has 2 aromatic rings. The summed E-state index contributed by atoms with van der Waals surface area (Å²) in [5.41, 5.74) is 0.759. The minimum Gasteiger partial charge on any atom is -0.496 e. The Bertz CT molecular complexity index is 843. The molecule has 3 rings (SSSR count). The molecule has 140 valence electrons. The first-order chi connectivity index (χ1) is 12.5. The van der Waals surface area contributed by atoms with E-state index in [9.17, 15) is 4.79 Å². The average Bonchev–Trinajstić information content (AvgIpc) is 3.02. The zero-order chi connectivity index (χ0) is 18.7. The number of hydrogen-bond donors (Lipinski definition) is 1. The van der Waals surface area contributed by atoms with Crippen molar-refractivity contribution in [1.29, 1.82) is 0 Å². The van der Waals surface area contributed by atoms with Gasteiger partial charge in [0.25, 0.3) is 0 Å². The van der Waals surface area contributed by atoms with Crippen molar-refractivity contribution < 1.29 is 14.3 Å². The molecule has 1 aliphatic heterocycles. The van der Waals surface area contributed by atoms with Crippen LogP contribution in [-0.2, 0) is 16.2 Å². The molecule has 0 aliphatic carbocycles. The number of H-pyrrole nitrogens is 1. The number of methoxy groups -OCH3 is 2. The van der Waals surface area contributed by atoms with Crippen LogP contribution in [0.2, 0.25) is 5.02 Å². The zero-order valence-electron chi connectivity index (χ0n) is 14.7. The highest BCUT2D eigenvalue weighted by molar-refractivity contribution is 7.71. The third-order valence-electron chi connectivity index (χ3n) is 4.56. The monoisotopic (exact) mass is 396 g/mol. The Hall–Kier alpha value is -1.90. The number of carbonyl (C=O) groups is 1. The summed E-state index contributed by atoms with van der Waals surface area (Å²) in [6.07, 6.45) is 1.56. The number of esters is 1. The minimum atomic E-state index is -0.127. The number of likely N-dealkylation sites (tertiary alicyclic amines) is 1. The van der Waals surface area contributed by atoms with Gasteiger partial charge in [-0.15, -0.1) is 0 Å². The number of nitrogens with one attached hydrogen (secondary N) is 1. The largest absolute Gasteiger partial charge is 0.496 e. The van der Waals surface area contributed by atoms with Gasteiger partial charge in [-0.3, -0.25) is 14.8 Å². The smallest absolute Gasteiger partial charge is 0.308 e. The lowest BCUT2D eigenvalue weighted by Crippen LogP contribution is -2.38. The fourth-order valence-corrected chi connectivity index (χ4v) is 3.48. The molecule has 2 heterocycles. The molecular formula is C17H21ClN4O3S. The second-order valence-electron chi connectivity index (χ2n) is 6.18. The number of rotatable bonds is 5. The predicted molar refractivity (Wildman–Crippen MR) is 101 cm³/mol. The van der Waals surface area contributed by atoms with Gasteiger partial charge < -0.3 is 9.47 Å². The Labute approximate surface area is 161 Å². The van der Waals surface area contributed by atoms with Crippen molar-refractivity contribution in [1.82, 2.24) is 19.7 Å². The molecule has 1 aromatic carbocycles. The van der Waals surface area contributed by atoms with E-state index in [4.69, 9.17) is 33.3 Å². The first-order valence-electron chi connectivity index (χ1n) is 8.32. The number of hydrogen-bond acceptors (Lipinski definition) is 6. The summed E-state index contributed by atoms with van der Waals surface area (Å²) >= 11 is 11.5. The van der Waals surface area contributed by atoms with Crippen molar-refractivity contribution in [3.8, 4) is 17.1 Å². The van der Waals surface area contributed by atoms with Crippen LogP contribution in [0, 0.1) is 10.7 Å². The van der Waals surface area contributed by atoms with Crippen molar-refractivity contribution in [2.75, 3.05) is 27.3 Å². The average molecular weight is 397 g/mol. The molecule has 0 atom stereocenters. The highest BCUT2D eigenvalue weighted by atomic mass is 35.5. The van der Waals surface area contributed by atoms with E-state index < -0.39 is 0 Å². The van der Waals surface area contributed by atoms with Crippen LogP contribution in [-0.4, -0.2) is 52.9 Å². The van der Waals surface area contributed by atoms with Gasteiger partial charge in [-0.2, -0.15) is 4.98 Å². The van der Waals surface area contributed by atoms with E-state index >= 15 is 0 Å². The number of carbonyl (C=O) groups excluding carboxylic acids is 1. The third-order valence-corrected chi connectivity index (χ3v) is 5.11. The maximum absolute atomic E-state index is 11.6. The summed E-state index contributed by atoms with van der Waals surface area (Å²) in [5.74, 6) is 1.14. The summed E-state index contributed by atoms with van der Waals surface area (Å²) in [4.78, 5) is 18.3. The van der Waals surface area contributed by atoms with Gasteiger partial charge in [0.15, 0.2) is 5.82 Å². The molecule has 26 heavy (non-hydrogen) atoms. The Morgan fingerprint density at radius 2 is 2.12 bits per heavy atom. The molecule has 0 radical (unpaired) electrons. The van der Waals surface area contributed by atoms with E-state index in [1.165, 1.54) is 7.11 Å². The molecule has 0 unspecified atom stereocenters. The van der Waals surface area contributed by atoms with Crippen LogP contribution < -0.4 is 4.74 Å². The number of aromatic nitrogens is 3.